The Hall–Kier alpha value is -1.66. The number of likely N-dealkylation sites (tertiary alicyclic amines) is 1. The Kier molecular flexibility index (Phi) is 6.14. The van der Waals surface area contributed by atoms with Crippen molar-refractivity contribution in [1.82, 2.24) is 14.4 Å². The van der Waals surface area contributed by atoms with E-state index in [2.05, 4.69) is 18.7 Å². The van der Waals surface area contributed by atoms with Gasteiger partial charge in [-0.25, -0.2) is 0 Å². The summed E-state index contributed by atoms with van der Waals surface area (Å²) in [4.78, 5) is 30.2. The second kappa shape index (κ2) is 8.35. The van der Waals surface area contributed by atoms with Crippen LogP contribution in [0, 0.1) is 0 Å². The Morgan fingerprint density at radius 2 is 1.92 bits per heavy atom. The smallest absolute Gasteiger partial charge is 0.263 e. The van der Waals surface area contributed by atoms with Crippen LogP contribution in [-0.2, 0) is 11.8 Å². The van der Waals surface area contributed by atoms with Gasteiger partial charge in [-0.05, 0) is 37.3 Å². The van der Waals surface area contributed by atoms with Crippen LogP contribution in [0.15, 0.2) is 16.9 Å². The van der Waals surface area contributed by atoms with Gasteiger partial charge >= 0.3 is 0 Å². The summed E-state index contributed by atoms with van der Waals surface area (Å²) in [6.07, 6.45) is 3.16. The largest absolute Gasteiger partial charge is 0.379 e. The third kappa shape index (κ3) is 4.01. The van der Waals surface area contributed by atoms with Crippen LogP contribution in [0.25, 0.3) is 0 Å². The number of carbonyl (C=O) groups is 1. The number of piperidine rings is 1. The molecule has 0 unspecified atom stereocenters. The van der Waals surface area contributed by atoms with Crippen LogP contribution in [0.4, 0.5) is 0 Å². The summed E-state index contributed by atoms with van der Waals surface area (Å²) in [6.45, 7) is 9.09. The summed E-state index contributed by atoms with van der Waals surface area (Å²) < 4.78 is 7.05. The van der Waals surface area contributed by atoms with Gasteiger partial charge in [0.15, 0.2) is 0 Å². The number of rotatable bonds is 4. The van der Waals surface area contributed by atoms with E-state index in [4.69, 9.17) is 4.74 Å². The van der Waals surface area contributed by atoms with E-state index in [1.807, 2.05) is 11.0 Å². The van der Waals surface area contributed by atoms with E-state index in [1.165, 1.54) is 0 Å². The second-order valence-electron chi connectivity index (χ2n) is 7.75. The molecule has 1 aromatic heterocycles. The standard InChI is InChI=1S/C20H31N3O3/c1-15(2)18-8-7-17(19(24)21(18)3)20(25)23-9-5-4-6-16(23)14-22-10-12-26-13-11-22/h7-8,15-16H,4-6,9-14H2,1-3H3/t16-/m1/s1. The van der Waals surface area contributed by atoms with Crippen LogP contribution in [0.2, 0.25) is 0 Å². The molecule has 6 nitrogen and oxygen atoms in total. The van der Waals surface area contributed by atoms with Gasteiger partial charge in [-0.3, -0.25) is 14.5 Å². The Morgan fingerprint density at radius 3 is 2.62 bits per heavy atom. The SMILES string of the molecule is CC(C)c1ccc(C(=O)N2CCCC[C@@H]2CN2CCOCC2)c(=O)n1C. The first-order valence-electron chi connectivity index (χ1n) is 9.80. The predicted molar refractivity (Wildman–Crippen MR) is 102 cm³/mol. The lowest BCUT2D eigenvalue weighted by molar-refractivity contribution is 0.0165. The molecule has 3 heterocycles. The quantitative estimate of drug-likeness (QED) is 0.821. The van der Waals surface area contributed by atoms with E-state index in [0.29, 0.717) is 5.56 Å². The third-order valence-electron chi connectivity index (χ3n) is 5.63. The van der Waals surface area contributed by atoms with Crippen molar-refractivity contribution in [1.29, 1.82) is 0 Å². The molecule has 144 valence electrons. The number of ether oxygens (including phenoxy) is 1. The highest BCUT2D eigenvalue weighted by atomic mass is 16.5. The molecule has 1 amide bonds. The maximum atomic E-state index is 13.2. The Labute approximate surface area is 155 Å². The molecule has 0 aromatic carbocycles. The zero-order valence-corrected chi connectivity index (χ0v) is 16.2. The topological polar surface area (TPSA) is 54.8 Å². The van der Waals surface area contributed by atoms with E-state index in [1.54, 1.807) is 17.7 Å². The van der Waals surface area contributed by atoms with Gasteiger partial charge in [-0.2, -0.15) is 0 Å². The van der Waals surface area contributed by atoms with E-state index in [-0.39, 0.29) is 23.4 Å². The molecule has 6 heteroatoms. The Morgan fingerprint density at radius 1 is 1.19 bits per heavy atom. The minimum atomic E-state index is -0.183. The molecule has 1 aromatic rings. The first-order valence-corrected chi connectivity index (χ1v) is 9.80. The van der Waals surface area contributed by atoms with Crippen molar-refractivity contribution in [2.24, 2.45) is 7.05 Å². The number of pyridine rings is 1. The van der Waals surface area contributed by atoms with Crippen LogP contribution in [0.5, 0.6) is 0 Å². The maximum absolute atomic E-state index is 13.2. The average molecular weight is 361 g/mol. The van der Waals surface area contributed by atoms with Crippen LogP contribution in [-0.4, -0.2) is 65.7 Å². The van der Waals surface area contributed by atoms with Gasteiger partial charge in [-0.1, -0.05) is 13.8 Å². The van der Waals surface area contributed by atoms with Gasteiger partial charge in [-0.15, -0.1) is 0 Å². The maximum Gasteiger partial charge on any atom is 0.263 e. The molecule has 2 aliphatic heterocycles. The van der Waals surface area contributed by atoms with Crippen LogP contribution in [0.1, 0.15) is 55.1 Å². The summed E-state index contributed by atoms with van der Waals surface area (Å²) in [5.41, 5.74) is 1.07. The van der Waals surface area contributed by atoms with Crippen molar-refractivity contribution in [2.75, 3.05) is 39.4 Å². The van der Waals surface area contributed by atoms with Crippen molar-refractivity contribution in [3.63, 3.8) is 0 Å². The lowest BCUT2D eigenvalue weighted by Gasteiger charge is -2.39. The number of morpholine rings is 1. The number of aromatic nitrogens is 1. The summed E-state index contributed by atoms with van der Waals surface area (Å²) >= 11 is 0. The number of amides is 1. The lowest BCUT2D eigenvalue weighted by atomic mass is 10.00. The lowest BCUT2D eigenvalue weighted by Crippen LogP contribution is -2.52. The first-order chi connectivity index (χ1) is 12.5. The molecule has 2 aliphatic rings. The van der Waals surface area contributed by atoms with E-state index in [0.717, 1.165) is 64.3 Å². The molecule has 3 rings (SSSR count). The molecule has 1 atom stereocenters. The van der Waals surface area contributed by atoms with E-state index >= 15 is 0 Å². The van der Waals surface area contributed by atoms with Crippen molar-refractivity contribution < 1.29 is 9.53 Å². The van der Waals surface area contributed by atoms with Crippen LogP contribution < -0.4 is 5.56 Å². The molecule has 2 saturated heterocycles. The van der Waals surface area contributed by atoms with Gasteiger partial charge in [0.05, 0.1) is 13.2 Å². The Balaban J connectivity index is 1.80. The number of hydrogen-bond donors (Lipinski definition) is 0. The normalized spacial score (nSPS) is 22.0. The van der Waals surface area contributed by atoms with Crippen LogP contribution in [0.3, 0.4) is 0 Å². The fourth-order valence-electron chi connectivity index (χ4n) is 4.09. The summed E-state index contributed by atoms with van der Waals surface area (Å²) in [5, 5.41) is 0. The fourth-order valence-corrected chi connectivity index (χ4v) is 4.09. The van der Waals surface area contributed by atoms with Gasteiger partial charge in [0.25, 0.3) is 11.5 Å². The monoisotopic (exact) mass is 361 g/mol. The molecular formula is C20H31N3O3. The number of carbonyl (C=O) groups excluding carboxylic acids is 1. The molecule has 0 radical (unpaired) electrons. The summed E-state index contributed by atoms with van der Waals surface area (Å²) in [6, 6.07) is 3.82. The van der Waals surface area contributed by atoms with E-state index < -0.39 is 0 Å². The third-order valence-corrected chi connectivity index (χ3v) is 5.63. The Bertz CT molecular complexity index is 692. The average Bonchev–Trinajstić information content (AvgIpc) is 2.64. The molecule has 0 bridgehead atoms. The highest BCUT2D eigenvalue weighted by Crippen LogP contribution is 2.21. The molecular weight excluding hydrogens is 330 g/mol. The van der Waals surface area contributed by atoms with Crippen molar-refractivity contribution >= 4 is 5.91 Å². The zero-order chi connectivity index (χ0) is 18.7. The minimum absolute atomic E-state index is 0.112. The zero-order valence-electron chi connectivity index (χ0n) is 16.2. The van der Waals surface area contributed by atoms with Gasteiger partial charge < -0.3 is 14.2 Å². The van der Waals surface area contributed by atoms with Gasteiger partial charge in [0, 0.05) is 45.0 Å². The highest BCUT2D eigenvalue weighted by molar-refractivity contribution is 5.94. The highest BCUT2D eigenvalue weighted by Gasteiger charge is 2.31. The number of hydrogen-bond acceptors (Lipinski definition) is 4. The molecule has 0 saturated carbocycles. The van der Waals surface area contributed by atoms with Crippen molar-refractivity contribution in [2.45, 2.75) is 45.1 Å². The molecule has 0 spiro atoms. The van der Waals surface area contributed by atoms with Crippen molar-refractivity contribution in [3.05, 3.63) is 33.7 Å². The van der Waals surface area contributed by atoms with Crippen molar-refractivity contribution in [3.8, 4) is 0 Å². The van der Waals surface area contributed by atoms with E-state index in [9.17, 15) is 9.59 Å². The summed E-state index contributed by atoms with van der Waals surface area (Å²) in [5.74, 6) is 0.139. The van der Waals surface area contributed by atoms with Gasteiger partial charge in [0.1, 0.15) is 5.56 Å². The molecule has 26 heavy (non-hydrogen) atoms. The summed E-state index contributed by atoms with van der Waals surface area (Å²) in [7, 11) is 1.76. The fraction of sp³-hybridized carbons (Fsp3) is 0.700. The van der Waals surface area contributed by atoms with Gasteiger partial charge in [0.2, 0.25) is 0 Å². The van der Waals surface area contributed by atoms with Crippen LogP contribution >= 0.6 is 0 Å². The second-order valence-corrected chi connectivity index (χ2v) is 7.75. The molecule has 0 aliphatic carbocycles. The predicted octanol–water partition coefficient (Wildman–Crippen LogP) is 1.84. The molecule has 2 fully saturated rings. The molecule has 0 N–H and O–H groups in total. The first kappa shape index (κ1) is 19.1. The minimum Gasteiger partial charge on any atom is -0.379 e. The number of nitrogens with zero attached hydrogens (tertiary/aromatic N) is 3.